The lowest BCUT2D eigenvalue weighted by Gasteiger charge is -2.14. The normalized spacial score (nSPS) is 12.6. The van der Waals surface area contributed by atoms with Crippen LogP contribution in [0.3, 0.4) is 0 Å². The molecule has 5 heteroatoms. The maximum atomic E-state index is 5.20. The third-order valence-corrected chi connectivity index (χ3v) is 7.74. The Morgan fingerprint density at radius 3 is 1.76 bits per heavy atom. The van der Waals surface area contributed by atoms with Crippen molar-refractivity contribution < 1.29 is 0 Å². The van der Waals surface area contributed by atoms with Crippen molar-refractivity contribution in [3.63, 3.8) is 0 Å². The fraction of sp³-hybridized carbons (Fsp3) is 0.0556. The molecule has 0 unspecified atom stereocenters. The van der Waals surface area contributed by atoms with E-state index in [-0.39, 0.29) is 0 Å². The summed E-state index contributed by atoms with van der Waals surface area (Å²) in [4.78, 5) is 23.5. The van der Waals surface area contributed by atoms with Gasteiger partial charge in [-0.25, -0.2) is 19.9 Å². The second kappa shape index (κ2) is 9.65. The Hall–Kier alpha value is -5.42. The molecule has 0 fully saturated rings. The van der Waals surface area contributed by atoms with Crippen molar-refractivity contribution in [1.82, 2.24) is 24.9 Å². The van der Waals surface area contributed by atoms with Crippen LogP contribution in [-0.2, 0) is 6.42 Å². The number of aryl methyl sites for hydroxylation is 1. The maximum absolute atomic E-state index is 5.20. The summed E-state index contributed by atoms with van der Waals surface area (Å²) in [6.07, 6.45) is 6.40. The van der Waals surface area contributed by atoms with E-state index < -0.39 is 0 Å². The summed E-state index contributed by atoms with van der Waals surface area (Å²) in [5, 5.41) is 2.38. The first-order valence-electron chi connectivity index (χ1n) is 13.9. The van der Waals surface area contributed by atoms with Crippen LogP contribution in [0.2, 0.25) is 0 Å². The molecule has 5 nitrogen and oxygen atoms in total. The minimum Gasteiger partial charge on any atom is -0.354 e. The summed E-state index contributed by atoms with van der Waals surface area (Å²) in [7, 11) is 0. The van der Waals surface area contributed by atoms with Gasteiger partial charge in [-0.15, -0.1) is 0 Å². The van der Waals surface area contributed by atoms with Crippen LogP contribution >= 0.6 is 0 Å². The Kier molecular flexibility index (Phi) is 5.52. The molecule has 0 aliphatic heterocycles. The number of para-hydroxylation sites is 1. The number of allylic oxidation sites excluding steroid dienone is 1. The highest BCUT2D eigenvalue weighted by molar-refractivity contribution is 6.14. The van der Waals surface area contributed by atoms with Gasteiger partial charge in [-0.2, -0.15) is 0 Å². The molecule has 1 aliphatic rings. The molecule has 0 amide bonds. The molecule has 1 N–H and O–H groups in total. The molecule has 0 saturated carbocycles. The predicted octanol–water partition coefficient (Wildman–Crippen LogP) is 8.53. The van der Waals surface area contributed by atoms with Gasteiger partial charge in [-0.3, -0.25) is 0 Å². The van der Waals surface area contributed by atoms with Crippen molar-refractivity contribution in [2.75, 3.05) is 0 Å². The molecule has 3 heterocycles. The van der Waals surface area contributed by atoms with Crippen LogP contribution in [0.1, 0.15) is 17.7 Å². The van der Waals surface area contributed by atoms with Gasteiger partial charge in [-0.1, -0.05) is 109 Å². The zero-order chi connectivity index (χ0) is 27.2. The van der Waals surface area contributed by atoms with E-state index in [2.05, 4.69) is 65.7 Å². The van der Waals surface area contributed by atoms with E-state index in [1.807, 2.05) is 60.7 Å². The molecule has 0 atom stereocenters. The first kappa shape index (κ1) is 23.5. The van der Waals surface area contributed by atoms with Crippen molar-refractivity contribution in [2.24, 2.45) is 0 Å². The lowest BCUT2D eigenvalue weighted by molar-refractivity contribution is 0.976. The Morgan fingerprint density at radius 2 is 1.10 bits per heavy atom. The number of nitrogens with one attached hydrogen (secondary N) is 1. The largest absolute Gasteiger partial charge is 0.354 e. The fourth-order valence-corrected chi connectivity index (χ4v) is 5.72. The van der Waals surface area contributed by atoms with E-state index in [0.29, 0.717) is 17.5 Å². The second-order valence-corrected chi connectivity index (χ2v) is 10.3. The summed E-state index contributed by atoms with van der Waals surface area (Å²) in [6, 6.07) is 37.0. The van der Waals surface area contributed by atoms with Gasteiger partial charge in [0.05, 0.1) is 16.9 Å². The standard InChI is InChI=1S/C36H25N5/c1-3-11-24(12-4-1)34-39-35(25-13-5-2-6-14-25)41-36(40-34)26-21-19-23(20-22-26)32-31-27-15-7-9-17-29(27)38-33(31)28-16-8-10-18-30(28)37-32/h1-7,9-15,17-22,38H,8,16H2. The van der Waals surface area contributed by atoms with Crippen molar-refractivity contribution >= 4 is 27.9 Å². The van der Waals surface area contributed by atoms with Gasteiger partial charge in [0.25, 0.3) is 0 Å². The average molecular weight is 528 g/mol. The Balaban J connectivity index is 1.28. The molecule has 194 valence electrons. The molecule has 0 spiro atoms. The number of pyridine rings is 1. The van der Waals surface area contributed by atoms with Gasteiger partial charge in [0.2, 0.25) is 0 Å². The Bertz CT molecular complexity index is 2020. The molecule has 1 aliphatic carbocycles. The molecule has 0 bridgehead atoms. The maximum Gasteiger partial charge on any atom is 0.164 e. The van der Waals surface area contributed by atoms with E-state index in [4.69, 9.17) is 19.9 Å². The molecule has 3 aromatic heterocycles. The van der Waals surface area contributed by atoms with E-state index in [9.17, 15) is 0 Å². The number of benzene rings is 4. The SMILES string of the molecule is C1=Cc2nc(-c3ccc(-c4nc(-c5ccccc5)nc(-c5ccccc5)n4)cc3)c3c([nH]c4ccccc43)c2CC1. The first-order chi connectivity index (χ1) is 20.3. The number of rotatable bonds is 4. The van der Waals surface area contributed by atoms with E-state index in [1.165, 1.54) is 21.9 Å². The summed E-state index contributed by atoms with van der Waals surface area (Å²) < 4.78 is 0. The number of hydrogen-bond donors (Lipinski definition) is 1. The molecule has 4 aromatic carbocycles. The zero-order valence-corrected chi connectivity index (χ0v) is 22.3. The fourth-order valence-electron chi connectivity index (χ4n) is 5.72. The number of aromatic amines is 1. The van der Waals surface area contributed by atoms with E-state index in [0.717, 1.165) is 52.0 Å². The Labute approximate surface area is 237 Å². The zero-order valence-electron chi connectivity index (χ0n) is 22.3. The van der Waals surface area contributed by atoms with Crippen LogP contribution in [0.15, 0.2) is 115 Å². The monoisotopic (exact) mass is 527 g/mol. The van der Waals surface area contributed by atoms with Crippen molar-refractivity contribution in [2.45, 2.75) is 12.8 Å². The predicted molar refractivity (Wildman–Crippen MR) is 166 cm³/mol. The van der Waals surface area contributed by atoms with Gasteiger partial charge >= 0.3 is 0 Å². The van der Waals surface area contributed by atoms with Gasteiger partial charge in [0, 0.05) is 44.1 Å². The minimum atomic E-state index is 0.642. The van der Waals surface area contributed by atoms with Crippen molar-refractivity contribution in [1.29, 1.82) is 0 Å². The molecular formula is C36H25N5. The number of hydrogen-bond acceptors (Lipinski definition) is 4. The number of H-pyrrole nitrogens is 1. The van der Waals surface area contributed by atoms with Crippen LogP contribution in [0.4, 0.5) is 0 Å². The van der Waals surface area contributed by atoms with Gasteiger partial charge < -0.3 is 4.98 Å². The van der Waals surface area contributed by atoms with Crippen molar-refractivity contribution in [3.05, 3.63) is 127 Å². The summed E-state index contributed by atoms with van der Waals surface area (Å²) in [6.45, 7) is 0. The summed E-state index contributed by atoms with van der Waals surface area (Å²) in [5.74, 6) is 1.95. The summed E-state index contributed by atoms with van der Waals surface area (Å²) >= 11 is 0. The highest BCUT2D eigenvalue weighted by Gasteiger charge is 2.20. The van der Waals surface area contributed by atoms with Crippen molar-refractivity contribution in [3.8, 4) is 45.4 Å². The van der Waals surface area contributed by atoms with Gasteiger partial charge in [0.15, 0.2) is 17.5 Å². The van der Waals surface area contributed by atoms with E-state index in [1.54, 1.807) is 0 Å². The topological polar surface area (TPSA) is 67.3 Å². The lowest BCUT2D eigenvalue weighted by atomic mass is 9.95. The molecule has 8 rings (SSSR count). The highest BCUT2D eigenvalue weighted by Crippen LogP contribution is 2.38. The number of aromatic nitrogens is 5. The quantitative estimate of drug-likeness (QED) is 0.249. The number of fused-ring (bicyclic) bond motifs is 5. The van der Waals surface area contributed by atoms with Crippen LogP contribution in [0.25, 0.3) is 73.3 Å². The first-order valence-corrected chi connectivity index (χ1v) is 13.9. The molecule has 7 aromatic rings. The molecule has 0 radical (unpaired) electrons. The second-order valence-electron chi connectivity index (χ2n) is 10.3. The third kappa shape index (κ3) is 4.10. The van der Waals surface area contributed by atoms with E-state index >= 15 is 0 Å². The van der Waals surface area contributed by atoms with Crippen LogP contribution in [-0.4, -0.2) is 24.9 Å². The molecule has 41 heavy (non-hydrogen) atoms. The van der Waals surface area contributed by atoms with Crippen LogP contribution < -0.4 is 0 Å². The molecular weight excluding hydrogens is 502 g/mol. The highest BCUT2D eigenvalue weighted by atomic mass is 15.0. The number of nitrogens with zero attached hydrogens (tertiary/aromatic N) is 4. The van der Waals surface area contributed by atoms with Gasteiger partial charge in [-0.05, 0) is 25.0 Å². The van der Waals surface area contributed by atoms with Gasteiger partial charge in [0.1, 0.15) is 0 Å². The summed E-state index contributed by atoms with van der Waals surface area (Å²) in [5.41, 5.74) is 9.56. The average Bonchev–Trinajstić information content (AvgIpc) is 3.45. The minimum absolute atomic E-state index is 0.642. The Morgan fingerprint density at radius 1 is 0.537 bits per heavy atom. The van der Waals surface area contributed by atoms with Crippen LogP contribution in [0.5, 0.6) is 0 Å². The van der Waals surface area contributed by atoms with Crippen LogP contribution in [0, 0.1) is 0 Å². The smallest absolute Gasteiger partial charge is 0.164 e. The lowest BCUT2D eigenvalue weighted by Crippen LogP contribution is -2.01. The third-order valence-electron chi connectivity index (χ3n) is 7.74. The molecule has 0 saturated heterocycles.